The molecule has 8 nitrogen and oxygen atoms in total. The smallest absolute Gasteiger partial charge is 0.277 e. The molecule has 0 unspecified atom stereocenters. The number of rotatable bonds is 8. The minimum absolute atomic E-state index is 0.201. The summed E-state index contributed by atoms with van der Waals surface area (Å²) in [5, 5.41) is 7.06. The topological polar surface area (TPSA) is 105 Å². The first kappa shape index (κ1) is 21.8. The van der Waals surface area contributed by atoms with Crippen molar-refractivity contribution in [2.75, 3.05) is 11.9 Å². The van der Waals surface area contributed by atoms with Gasteiger partial charge < -0.3 is 15.6 Å². The molecule has 5 rings (SSSR count). The van der Waals surface area contributed by atoms with Crippen LogP contribution in [0.5, 0.6) is 0 Å². The van der Waals surface area contributed by atoms with Crippen molar-refractivity contribution in [3.05, 3.63) is 88.2 Å². The highest BCUT2D eigenvalue weighted by atomic mass is 19.1. The number of carbonyl (C=O) groups is 1. The van der Waals surface area contributed by atoms with Crippen LogP contribution in [-0.2, 0) is 24.2 Å². The lowest BCUT2D eigenvalue weighted by molar-refractivity contribution is -0.124. The Bertz CT molecular complexity index is 1350. The van der Waals surface area contributed by atoms with Crippen molar-refractivity contribution in [1.29, 1.82) is 0 Å². The Morgan fingerprint density at radius 1 is 1.21 bits per heavy atom. The maximum Gasteiger partial charge on any atom is 0.277 e. The Morgan fingerprint density at radius 2 is 2.06 bits per heavy atom. The fourth-order valence-electron chi connectivity index (χ4n) is 4.37. The van der Waals surface area contributed by atoms with E-state index in [0.717, 1.165) is 35.0 Å². The standard InChI is InChI=1S/C25H25FN6O2/c26-18-5-3-16(4-6-18)2-1-10-28-21-15-29-23-8-7-22(32(23)25(21)34)24(33)30-14-19-12-17-13-27-11-9-20(17)31-19/h3-6,9,11-13,15,22,28,31H,1-2,7-8,10,14H2,(H,30,33)/t22-/m0/s1. The zero-order valence-electron chi connectivity index (χ0n) is 18.6. The van der Waals surface area contributed by atoms with E-state index in [1.807, 2.05) is 12.1 Å². The average molecular weight is 461 g/mol. The molecule has 0 aliphatic carbocycles. The normalized spacial score (nSPS) is 14.8. The number of halogens is 1. The van der Waals surface area contributed by atoms with E-state index in [1.165, 1.54) is 16.7 Å². The maximum absolute atomic E-state index is 13.1. The molecule has 0 spiro atoms. The summed E-state index contributed by atoms with van der Waals surface area (Å²) in [5.74, 6) is 0.169. The van der Waals surface area contributed by atoms with Crippen molar-refractivity contribution >= 4 is 22.5 Å². The lowest BCUT2D eigenvalue weighted by Crippen LogP contribution is -2.36. The zero-order chi connectivity index (χ0) is 23.5. The molecule has 0 saturated carbocycles. The number of anilines is 1. The van der Waals surface area contributed by atoms with Gasteiger partial charge in [0, 0.05) is 42.0 Å². The lowest BCUT2D eigenvalue weighted by atomic mass is 10.1. The summed E-state index contributed by atoms with van der Waals surface area (Å²) in [5.41, 5.74) is 3.01. The van der Waals surface area contributed by atoms with Gasteiger partial charge in [0.15, 0.2) is 0 Å². The number of H-pyrrole nitrogens is 1. The van der Waals surface area contributed by atoms with Crippen LogP contribution in [-0.4, -0.2) is 32.0 Å². The van der Waals surface area contributed by atoms with Crippen LogP contribution in [0, 0.1) is 5.82 Å². The van der Waals surface area contributed by atoms with Crippen LogP contribution in [0.1, 0.15) is 36.0 Å². The van der Waals surface area contributed by atoms with Gasteiger partial charge in [-0.2, -0.15) is 0 Å². The molecular formula is C25H25FN6O2. The van der Waals surface area contributed by atoms with E-state index in [1.54, 1.807) is 30.7 Å². The second-order valence-corrected chi connectivity index (χ2v) is 8.45. The van der Waals surface area contributed by atoms with E-state index in [2.05, 4.69) is 25.6 Å². The molecule has 9 heteroatoms. The number of nitrogens with zero attached hydrogens (tertiary/aromatic N) is 3. The van der Waals surface area contributed by atoms with Crippen LogP contribution >= 0.6 is 0 Å². The van der Waals surface area contributed by atoms with Gasteiger partial charge >= 0.3 is 0 Å². The first-order valence-corrected chi connectivity index (χ1v) is 11.4. The predicted octanol–water partition coefficient (Wildman–Crippen LogP) is 3.11. The molecular weight excluding hydrogens is 435 g/mol. The van der Waals surface area contributed by atoms with Crippen molar-refractivity contribution in [2.45, 2.75) is 38.3 Å². The molecule has 4 aromatic rings. The molecule has 1 aliphatic heterocycles. The van der Waals surface area contributed by atoms with Gasteiger partial charge in [0.25, 0.3) is 5.56 Å². The number of hydrogen-bond donors (Lipinski definition) is 3. The molecule has 1 aliphatic rings. The summed E-state index contributed by atoms with van der Waals surface area (Å²) in [6.07, 6.45) is 7.69. The van der Waals surface area contributed by atoms with Crippen molar-refractivity contribution in [3.8, 4) is 0 Å². The van der Waals surface area contributed by atoms with E-state index in [4.69, 9.17) is 0 Å². The number of pyridine rings is 1. The third-order valence-electron chi connectivity index (χ3n) is 6.13. The van der Waals surface area contributed by atoms with E-state index in [9.17, 15) is 14.0 Å². The second kappa shape index (κ2) is 9.46. The van der Waals surface area contributed by atoms with Crippen LogP contribution in [0.25, 0.3) is 10.9 Å². The fourth-order valence-corrected chi connectivity index (χ4v) is 4.37. The number of aromatic nitrogens is 4. The van der Waals surface area contributed by atoms with Gasteiger partial charge in [0.1, 0.15) is 23.4 Å². The number of fused-ring (bicyclic) bond motifs is 2. The van der Waals surface area contributed by atoms with E-state index >= 15 is 0 Å². The summed E-state index contributed by atoms with van der Waals surface area (Å²) in [6.45, 7) is 0.905. The molecule has 34 heavy (non-hydrogen) atoms. The lowest BCUT2D eigenvalue weighted by Gasteiger charge is -2.15. The third kappa shape index (κ3) is 4.54. The Kier molecular flexibility index (Phi) is 6.07. The van der Waals surface area contributed by atoms with Crippen LogP contribution in [0.2, 0.25) is 0 Å². The second-order valence-electron chi connectivity index (χ2n) is 8.45. The first-order chi connectivity index (χ1) is 16.6. The van der Waals surface area contributed by atoms with Crippen molar-refractivity contribution < 1.29 is 9.18 Å². The van der Waals surface area contributed by atoms with Gasteiger partial charge in [-0.05, 0) is 49.1 Å². The van der Waals surface area contributed by atoms with Crippen LogP contribution < -0.4 is 16.2 Å². The summed E-state index contributed by atoms with van der Waals surface area (Å²) >= 11 is 0. The molecule has 0 bridgehead atoms. The van der Waals surface area contributed by atoms with Crippen molar-refractivity contribution in [3.63, 3.8) is 0 Å². The van der Waals surface area contributed by atoms with Crippen LogP contribution in [0.4, 0.5) is 10.1 Å². The molecule has 1 amide bonds. The minimum atomic E-state index is -0.581. The molecule has 0 fully saturated rings. The SMILES string of the molecule is O=C(NCc1cc2cnccc2[nH]1)[C@@H]1CCc2ncc(NCCCc3ccc(F)cc3)c(=O)n21. The molecule has 1 aromatic carbocycles. The fraction of sp³-hybridized carbons (Fsp3) is 0.280. The first-order valence-electron chi connectivity index (χ1n) is 11.4. The van der Waals surface area contributed by atoms with E-state index < -0.39 is 6.04 Å². The number of carbonyl (C=O) groups excluding carboxylic acids is 1. The predicted molar refractivity (Wildman–Crippen MR) is 127 cm³/mol. The number of aromatic amines is 1. The number of amides is 1. The summed E-state index contributed by atoms with van der Waals surface area (Å²) < 4.78 is 14.5. The Balaban J connectivity index is 1.21. The third-order valence-corrected chi connectivity index (χ3v) is 6.13. The summed E-state index contributed by atoms with van der Waals surface area (Å²) in [7, 11) is 0. The number of hydrogen-bond acceptors (Lipinski definition) is 5. The Hall–Kier alpha value is -4.01. The van der Waals surface area contributed by atoms with Gasteiger partial charge in [0.2, 0.25) is 5.91 Å². The Morgan fingerprint density at radius 3 is 2.88 bits per heavy atom. The molecule has 174 valence electrons. The van der Waals surface area contributed by atoms with Gasteiger partial charge in [-0.3, -0.25) is 19.1 Å². The highest BCUT2D eigenvalue weighted by Crippen LogP contribution is 2.23. The maximum atomic E-state index is 13.1. The number of aryl methyl sites for hydroxylation is 2. The van der Waals surface area contributed by atoms with Crippen LogP contribution in [0.15, 0.2) is 59.8 Å². The van der Waals surface area contributed by atoms with Gasteiger partial charge in [-0.1, -0.05) is 12.1 Å². The summed E-state index contributed by atoms with van der Waals surface area (Å²) in [6, 6.07) is 9.66. The van der Waals surface area contributed by atoms with Gasteiger partial charge in [-0.15, -0.1) is 0 Å². The van der Waals surface area contributed by atoms with Gasteiger partial charge in [0.05, 0.1) is 12.7 Å². The molecule has 3 N–H and O–H groups in total. The van der Waals surface area contributed by atoms with Gasteiger partial charge in [-0.25, -0.2) is 9.37 Å². The Labute approximate surface area is 195 Å². The highest BCUT2D eigenvalue weighted by molar-refractivity contribution is 5.82. The number of benzene rings is 1. The molecule has 0 radical (unpaired) electrons. The van der Waals surface area contributed by atoms with Crippen molar-refractivity contribution in [2.24, 2.45) is 0 Å². The molecule has 4 heterocycles. The van der Waals surface area contributed by atoms with E-state index in [0.29, 0.717) is 37.4 Å². The molecule has 1 atom stereocenters. The zero-order valence-corrected chi connectivity index (χ0v) is 18.6. The quantitative estimate of drug-likeness (QED) is 0.351. The highest BCUT2D eigenvalue weighted by Gasteiger charge is 2.31. The minimum Gasteiger partial charge on any atom is -0.379 e. The molecule has 0 saturated heterocycles. The van der Waals surface area contributed by atoms with Crippen molar-refractivity contribution in [1.82, 2.24) is 24.8 Å². The monoisotopic (exact) mass is 460 g/mol. The molecule has 3 aromatic heterocycles. The average Bonchev–Trinajstić information content (AvgIpc) is 3.47. The number of nitrogens with one attached hydrogen (secondary N) is 3. The van der Waals surface area contributed by atoms with E-state index in [-0.39, 0.29) is 17.3 Å². The van der Waals surface area contributed by atoms with Crippen LogP contribution in [0.3, 0.4) is 0 Å². The summed E-state index contributed by atoms with van der Waals surface area (Å²) in [4.78, 5) is 37.8. The largest absolute Gasteiger partial charge is 0.379 e.